The van der Waals surface area contributed by atoms with Crippen LogP contribution in [-0.2, 0) is 0 Å². The van der Waals surface area contributed by atoms with Gasteiger partial charge in [0.05, 0.1) is 0 Å². The van der Waals surface area contributed by atoms with Crippen LogP contribution in [0.15, 0.2) is 11.1 Å². The van der Waals surface area contributed by atoms with Crippen LogP contribution in [0.4, 0.5) is 0 Å². The first-order valence-electron chi connectivity index (χ1n) is 5.13. The Morgan fingerprint density at radius 2 is 2.08 bits per heavy atom. The van der Waals surface area contributed by atoms with Crippen molar-refractivity contribution in [3.8, 4) is 0 Å². The third-order valence-electron chi connectivity index (χ3n) is 3.64. The molecule has 2 aliphatic carbocycles. The standard InChI is InChI=1S/C11H19N/c1-7-5-9-3-4-11(12)8(2)10(9)6-7/h7,9,11H,3-6,12H2,1-2H3. The molecule has 0 aromatic heterocycles. The predicted molar refractivity (Wildman–Crippen MR) is 51.8 cm³/mol. The van der Waals surface area contributed by atoms with Gasteiger partial charge in [-0.2, -0.15) is 0 Å². The summed E-state index contributed by atoms with van der Waals surface area (Å²) in [5.74, 6) is 1.81. The Morgan fingerprint density at radius 3 is 2.83 bits per heavy atom. The van der Waals surface area contributed by atoms with Gasteiger partial charge >= 0.3 is 0 Å². The molecule has 0 aliphatic heterocycles. The van der Waals surface area contributed by atoms with Gasteiger partial charge in [0.2, 0.25) is 0 Å². The first-order valence-corrected chi connectivity index (χ1v) is 5.13. The molecule has 0 radical (unpaired) electrons. The molecule has 1 saturated carbocycles. The number of rotatable bonds is 0. The van der Waals surface area contributed by atoms with Gasteiger partial charge in [0.25, 0.3) is 0 Å². The number of hydrogen-bond donors (Lipinski definition) is 1. The molecule has 2 rings (SSSR count). The van der Waals surface area contributed by atoms with Gasteiger partial charge in [0, 0.05) is 6.04 Å². The lowest BCUT2D eigenvalue weighted by Gasteiger charge is -2.26. The maximum atomic E-state index is 6.02. The van der Waals surface area contributed by atoms with Crippen LogP contribution in [0, 0.1) is 11.8 Å². The molecule has 3 atom stereocenters. The molecule has 1 nitrogen and oxygen atoms in total. The summed E-state index contributed by atoms with van der Waals surface area (Å²) in [7, 11) is 0. The van der Waals surface area contributed by atoms with Crippen LogP contribution in [0.2, 0.25) is 0 Å². The Kier molecular flexibility index (Phi) is 1.99. The quantitative estimate of drug-likeness (QED) is 0.548. The van der Waals surface area contributed by atoms with E-state index in [0.717, 1.165) is 11.8 Å². The van der Waals surface area contributed by atoms with Crippen molar-refractivity contribution in [3.63, 3.8) is 0 Å². The smallest absolute Gasteiger partial charge is 0.0253 e. The Hall–Kier alpha value is -0.300. The predicted octanol–water partition coefficient (Wildman–Crippen LogP) is 2.47. The molecule has 1 fully saturated rings. The van der Waals surface area contributed by atoms with Gasteiger partial charge < -0.3 is 5.73 Å². The monoisotopic (exact) mass is 165 g/mol. The minimum atomic E-state index is 0.376. The van der Waals surface area contributed by atoms with Crippen LogP contribution in [0.5, 0.6) is 0 Å². The van der Waals surface area contributed by atoms with Crippen molar-refractivity contribution in [1.82, 2.24) is 0 Å². The topological polar surface area (TPSA) is 26.0 Å². The molecule has 12 heavy (non-hydrogen) atoms. The van der Waals surface area contributed by atoms with Crippen LogP contribution in [-0.4, -0.2) is 6.04 Å². The van der Waals surface area contributed by atoms with Crippen LogP contribution in [0.25, 0.3) is 0 Å². The molecular weight excluding hydrogens is 146 g/mol. The number of fused-ring (bicyclic) bond motifs is 1. The van der Waals surface area contributed by atoms with Crippen molar-refractivity contribution in [2.75, 3.05) is 0 Å². The second kappa shape index (κ2) is 2.88. The highest BCUT2D eigenvalue weighted by Gasteiger charge is 2.32. The highest BCUT2D eigenvalue weighted by atomic mass is 14.6. The van der Waals surface area contributed by atoms with E-state index < -0.39 is 0 Å². The molecular formula is C11H19N. The summed E-state index contributed by atoms with van der Waals surface area (Å²) >= 11 is 0. The van der Waals surface area contributed by atoms with Crippen LogP contribution < -0.4 is 5.73 Å². The number of hydrogen-bond acceptors (Lipinski definition) is 1. The summed E-state index contributed by atoms with van der Waals surface area (Å²) in [6.45, 7) is 4.61. The van der Waals surface area contributed by atoms with E-state index in [2.05, 4.69) is 13.8 Å². The zero-order chi connectivity index (χ0) is 8.72. The summed E-state index contributed by atoms with van der Waals surface area (Å²) in [5, 5.41) is 0. The molecule has 2 aliphatic rings. The summed E-state index contributed by atoms with van der Waals surface area (Å²) in [6, 6.07) is 0.376. The summed E-state index contributed by atoms with van der Waals surface area (Å²) in [6.07, 6.45) is 5.30. The van der Waals surface area contributed by atoms with Crippen molar-refractivity contribution in [2.45, 2.75) is 45.6 Å². The zero-order valence-corrected chi connectivity index (χ0v) is 8.14. The third kappa shape index (κ3) is 1.20. The first kappa shape index (κ1) is 8.31. The van der Waals surface area contributed by atoms with Gasteiger partial charge in [0.1, 0.15) is 0 Å². The molecule has 0 aromatic carbocycles. The van der Waals surface area contributed by atoms with Crippen molar-refractivity contribution in [3.05, 3.63) is 11.1 Å². The van der Waals surface area contributed by atoms with E-state index >= 15 is 0 Å². The Balaban J connectivity index is 2.26. The SMILES string of the molecule is CC1=C2CC(C)CC2CCC1N. The minimum Gasteiger partial charge on any atom is -0.324 e. The van der Waals surface area contributed by atoms with E-state index in [-0.39, 0.29) is 0 Å². The Morgan fingerprint density at radius 1 is 1.33 bits per heavy atom. The van der Waals surface area contributed by atoms with Crippen LogP contribution in [0.1, 0.15) is 39.5 Å². The molecule has 1 heteroatoms. The summed E-state index contributed by atoms with van der Waals surface area (Å²) in [5.41, 5.74) is 9.24. The van der Waals surface area contributed by atoms with Gasteiger partial charge in [-0.05, 0) is 44.4 Å². The fraction of sp³-hybridized carbons (Fsp3) is 0.818. The van der Waals surface area contributed by atoms with E-state index in [0.29, 0.717) is 6.04 Å². The zero-order valence-electron chi connectivity index (χ0n) is 8.14. The largest absolute Gasteiger partial charge is 0.324 e. The normalized spacial score (nSPS) is 41.8. The third-order valence-corrected chi connectivity index (χ3v) is 3.64. The lowest BCUT2D eigenvalue weighted by atomic mass is 9.83. The first-order chi connectivity index (χ1) is 5.68. The van der Waals surface area contributed by atoms with Crippen molar-refractivity contribution in [2.24, 2.45) is 17.6 Å². The Bertz CT molecular complexity index is 217. The fourth-order valence-corrected chi connectivity index (χ4v) is 2.86. The van der Waals surface area contributed by atoms with Crippen molar-refractivity contribution < 1.29 is 0 Å². The van der Waals surface area contributed by atoms with E-state index in [1.54, 1.807) is 5.57 Å². The second-order valence-corrected chi connectivity index (χ2v) is 4.63. The van der Waals surface area contributed by atoms with Crippen molar-refractivity contribution >= 4 is 0 Å². The van der Waals surface area contributed by atoms with Gasteiger partial charge in [-0.25, -0.2) is 0 Å². The molecule has 0 aromatic rings. The highest BCUT2D eigenvalue weighted by Crippen LogP contribution is 2.43. The van der Waals surface area contributed by atoms with E-state index in [9.17, 15) is 0 Å². The number of nitrogens with two attached hydrogens (primary N) is 1. The molecule has 68 valence electrons. The van der Waals surface area contributed by atoms with Crippen LogP contribution >= 0.6 is 0 Å². The van der Waals surface area contributed by atoms with E-state index in [1.165, 1.54) is 31.3 Å². The van der Waals surface area contributed by atoms with Gasteiger partial charge in [-0.15, -0.1) is 0 Å². The second-order valence-electron chi connectivity index (χ2n) is 4.63. The lowest BCUT2D eigenvalue weighted by Crippen LogP contribution is -2.27. The van der Waals surface area contributed by atoms with E-state index in [4.69, 9.17) is 5.73 Å². The van der Waals surface area contributed by atoms with Crippen molar-refractivity contribution in [1.29, 1.82) is 0 Å². The molecule has 0 amide bonds. The van der Waals surface area contributed by atoms with Gasteiger partial charge in [-0.3, -0.25) is 0 Å². The van der Waals surface area contributed by atoms with Crippen LogP contribution in [0.3, 0.4) is 0 Å². The van der Waals surface area contributed by atoms with Gasteiger partial charge in [0.15, 0.2) is 0 Å². The minimum absolute atomic E-state index is 0.376. The lowest BCUT2D eigenvalue weighted by molar-refractivity contribution is 0.456. The molecule has 2 N–H and O–H groups in total. The van der Waals surface area contributed by atoms with E-state index in [1.807, 2.05) is 0 Å². The molecule has 3 unspecified atom stereocenters. The molecule has 0 bridgehead atoms. The highest BCUT2D eigenvalue weighted by molar-refractivity contribution is 5.26. The maximum Gasteiger partial charge on any atom is 0.0253 e. The average molecular weight is 165 g/mol. The van der Waals surface area contributed by atoms with Gasteiger partial charge in [-0.1, -0.05) is 18.1 Å². The summed E-state index contributed by atoms with van der Waals surface area (Å²) in [4.78, 5) is 0. The fourth-order valence-electron chi connectivity index (χ4n) is 2.86. The summed E-state index contributed by atoms with van der Waals surface area (Å²) < 4.78 is 0. The molecule has 0 heterocycles. The average Bonchev–Trinajstić information content (AvgIpc) is 2.39. The number of allylic oxidation sites excluding steroid dienone is 1. The Labute approximate surface area is 75.0 Å². The molecule has 0 spiro atoms. The maximum absolute atomic E-state index is 6.02. The molecule has 0 saturated heterocycles.